The molecule has 1 aliphatic heterocycles. The lowest BCUT2D eigenvalue weighted by Gasteiger charge is -2.29. The van der Waals surface area contributed by atoms with Crippen molar-refractivity contribution in [3.63, 3.8) is 0 Å². The molecule has 0 aromatic carbocycles. The van der Waals surface area contributed by atoms with Crippen LogP contribution in [0.3, 0.4) is 0 Å². The number of morpholine rings is 1. The third kappa shape index (κ3) is 3.01. The first kappa shape index (κ1) is 11.5. The second kappa shape index (κ2) is 5.94. The smallest absolute Gasteiger partial charge is 0.0594 e. The molecule has 1 aliphatic rings. The van der Waals surface area contributed by atoms with Crippen LogP contribution in [0, 0.1) is 0 Å². The predicted molar refractivity (Wildman–Crippen MR) is 61.3 cm³/mol. The van der Waals surface area contributed by atoms with Gasteiger partial charge in [0.25, 0.3) is 0 Å². The summed E-state index contributed by atoms with van der Waals surface area (Å²) in [5.41, 5.74) is 1.16. The third-order valence-corrected chi connectivity index (χ3v) is 2.98. The zero-order valence-corrected chi connectivity index (χ0v) is 9.38. The number of aromatic nitrogens is 1. The molecule has 88 valence electrons. The van der Waals surface area contributed by atoms with Gasteiger partial charge in [-0.15, -0.1) is 0 Å². The first-order valence-electron chi connectivity index (χ1n) is 5.71. The van der Waals surface area contributed by atoms with Crippen LogP contribution in [0.5, 0.6) is 0 Å². The number of hydrogen-bond donors (Lipinski definition) is 1. The summed E-state index contributed by atoms with van der Waals surface area (Å²) in [6.45, 7) is 4.59. The fourth-order valence-electron chi connectivity index (χ4n) is 2.00. The number of rotatable bonds is 4. The van der Waals surface area contributed by atoms with Gasteiger partial charge in [-0.05, 0) is 17.7 Å². The lowest BCUT2D eigenvalue weighted by atomic mass is 10.0. The number of aliphatic hydroxyl groups is 1. The molecule has 1 unspecified atom stereocenters. The predicted octanol–water partition coefficient (Wildman–Crippen LogP) is 0.490. The summed E-state index contributed by atoms with van der Waals surface area (Å²) in [5.74, 6) is 0.182. The average molecular weight is 222 g/mol. The standard InChI is InChI=1S/C12H18N2O2/c15-10-12(11-1-3-13-4-2-11)9-14-5-7-16-8-6-14/h1-4,12,15H,5-10H2. The molecule has 16 heavy (non-hydrogen) atoms. The topological polar surface area (TPSA) is 45.6 Å². The quantitative estimate of drug-likeness (QED) is 0.805. The molecule has 0 radical (unpaired) electrons. The number of aliphatic hydroxyl groups excluding tert-OH is 1. The summed E-state index contributed by atoms with van der Waals surface area (Å²) in [4.78, 5) is 6.33. The Kier molecular flexibility index (Phi) is 4.27. The summed E-state index contributed by atoms with van der Waals surface area (Å²) in [5, 5.41) is 9.43. The van der Waals surface area contributed by atoms with E-state index in [1.807, 2.05) is 12.1 Å². The van der Waals surface area contributed by atoms with Gasteiger partial charge < -0.3 is 9.84 Å². The highest BCUT2D eigenvalue weighted by Gasteiger charge is 2.17. The van der Waals surface area contributed by atoms with Crippen LogP contribution >= 0.6 is 0 Å². The van der Waals surface area contributed by atoms with Crippen LogP contribution in [0.1, 0.15) is 11.5 Å². The third-order valence-electron chi connectivity index (χ3n) is 2.98. The molecule has 2 rings (SSSR count). The molecule has 2 heterocycles. The van der Waals surface area contributed by atoms with Crippen molar-refractivity contribution < 1.29 is 9.84 Å². The maximum atomic E-state index is 9.43. The zero-order chi connectivity index (χ0) is 11.2. The van der Waals surface area contributed by atoms with Gasteiger partial charge >= 0.3 is 0 Å². The molecule has 0 bridgehead atoms. The van der Waals surface area contributed by atoms with Crippen molar-refractivity contribution in [3.8, 4) is 0 Å². The summed E-state index contributed by atoms with van der Waals surface area (Å²) in [7, 11) is 0. The molecule has 1 fully saturated rings. The first-order valence-corrected chi connectivity index (χ1v) is 5.71. The molecule has 0 amide bonds. The highest BCUT2D eigenvalue weighted by molar-refractivity contribution is 5.16. The van der Waals surface area contributed by atoms with Crippen molar-refractivity contribution >= 4 is 0 Å². The number of ether oxygens (including phenoxy) is 1. The maximum absolute atomic E-state index is 9.43. The van der Waals surface area contributed by atoms with Crippen molar-refractivity contribution in [2.45, 2.75) is 5.92 Å². The number of nitrogens with zero attached hydrogens (tertiary/aromatic N) is 2. The summed E-state index contributed by atoms with van der Waals surface area (Å²) in [6, 6.07) is 3.95. The van der Waals surface area contributed by atoms with Crippen LogP contribution in [-0.4, -0.2) is 54.4 Å². The van der Waals surface area contributed by atoms with E-state index >= 15 is 0 Å². The van der Waals surface area contributed by atoms with Crippen LogP contribution < -0.4 is 0 Å². The van der Waals surface area contributed by atoms with Gasteiger partial charge in [0.1, 0.15) is 0 Å². The van der Waals surface area contributed by atoms with Gasteiger partial charge in [-0.3, -0.25) is 9.88 Å². The van der Waals surface area contributed by atoms with Gasteiger partial charge in [0, 0.05) is 37.9 Å². The van der Waals surface area contributed by atoms with E-state index in [4.69, 9.17) is 4.74 Å². The SMILES string of the molecule is OCC(CN1CCOCC1)c1ccncc1. The van der Waals surface area contributed by atoms with Crippen molar-refractivity contribution in [3.05, 3.63) is 30.1 Å². The Labute approximate surface area is 95.9 Å². The lowest BCUT2D eigenvalue weighted by molar-refractivity contribution is 0.0319. The van der Waals surface area contributed by atoms with E-state index in [1.54, 1.807) is 12.4 Å². The molecular formula is C12H18N2O2. The average Bonchev–Trinajstić information content (AvgIpc) is 2.38. The Hall–Kier alpha value is -0.970. The van der Waals surface area contributed by atoms with E-state index in [9.17, 15) is 5.11 Å². The molecule has 4 heteroatoms. The summed E-state index contributed by atoms with van der Waals surface area (Å²) in [6.07, 6.45) is 3.55. The largest absolute Gasteiger partial charge is 0.396 e. The number of hydrogen-bond acceptors (Lipinski definition) is 4. The molecule has 0 spiro atoms. The molecule has 1 aromatic heterocycles. The fraction of sp³-hybridized carbons (Fsp3) is 0.583. The monoisotopic (exact) mass is 222 g/mol. The summed E-state index contributed by atoms with van der Waals surface area (Å²) >= 11 is 0. The molecule has 4 nitrogen and oxygen atoms in total. The van der Waals surface area contributed by atoms with Crippen LogP contribution in [0.4, 0.5) is 0 Å². The highest BCUT2D eigenvalue weighted by atomic mass is 16.5. The van der Waals surface area contributed by atoms with Crippen LogP contribution in [-0.2, 0) is 4.74 Å². The van der Waals surface area contributed by atoms with E-state index in [0.29, 0.717) is 0 Å². The Balaban J connectivity index is 1.94. The molecule has 1 N–H and O–H groups in total. The first-order chi connectivity index (χ1) is 7.90. The molecular weight excluding hydrogens is 204 g/mol. The molecule has 1 saturated heterocycles. The second-order valence-corrected chi connectivity index (χ2v) is 4.07. The molecule has 0 saturated carbocycles. The van der Waals surface area contributed by atoms with E-state index in [0.717, 1.165) is 38.4 Å². The molecule has 1 aromatic rings. The Morgan fingerprint density at radius 2 is 2.00 bits per heavy atom. The van der Waals surface area contributed by atoms with E-state index in [1.165, 1.54) is 0 Å². The van der Waals surface area contributed by atoms with Crippen molar-refractivity contribution in [2.24, 2.45) is 0 Å². The minimum absolute atomic E-state index is 0.182. The minimum Gasteiger partial charge on any atom is -0.396 e. The van der Waals surface area contributed by atoms with Gasteiger partial charge in [-0.25, -0.2) is 0 Å². The summed E-state index contributed by atoms with van der Waals surface area (Å²) < 4.78 is 5.31. The lowest BCUT2D eigenvalue weighted by Crippen LogP contribution is -2.39. The highest BCUT2D eigenvalue weighted by Crippen LogP contribution is 2.16. The zero-order valence-electron chi connectivity index (χ0n) is 9.38. The molecule has 0 aliphatic carbocycles. The molecule has 1 atom stereocenters. The Morgan fingerprint density at radius 1 is 1.31 bits per heavy atom. The fourth-order valence-corrected chi connectivity index (χ4v) is 2.00. The van der Waals surface area contributed by atoms with E-state index < -0.39 is 0 Å². The normalized spacial score (nSPS) is 19.6. The maximum Gasteiger partial charge on any atom is 0.0594 e. The van der Waals surface area contributed by atoms with Gasteiger partial charge in [0.05, 0.1) is 19.8 Å². The van der Waals surface area contributed by atoms with Gasteiger partial charge in [-0.1, -0.05) is 0 Å². The van der Waals surface area contributed by atoms with Crippen molar-refractivity contribution in [1.29, 1.82) is 0 Å². The van der Waals surface area contributed by atoms with Gasteiger partial charge in [0.15, 0.2) is 0 Å². The van der Waals surface area contributed by atoms with E-state index in [2.05, 4.69) is 9.88 Å². The van der Waals surface area contributed by atoms with Gasteiger partial charge in [-0.2, -0.15) is 0 Å². The van der Waals surface area contributed by atoms with Crippen LogP contribution in [0.2, 0.25) is 0 Å². The van der Waals surface area contributed by atoms with Crippen molar-refractivity contribution in [1.82, 2.24) is 9.88 Å². The van der Waals surface area contributed by atoms with Crippen LogP contribution in [0.25, 0.3) is 0 Å². The minimum atomic E-state index is 0.182. The second-order valence-electron chi connectivity index (χ2n) is 4.07. The Bertz CT molecular complexity index is 299. The number of pyridine rings is 1. The van der Waals surface area contributed by atoms with E-state index in [-0.39, 0.29) is 12.5 Å². The van der Waals surface area contributed by atoms with Crippen molar-refractivity contribution in [2.75, 3.05) is 39.5 Å². The van der Waals surface area contributed by atoms with Gasteiger partial charge in [0.2, 0.25) is 0 Å². The van der Waals surface area contributed by atoms with Crippen LogP contribution in [0.15, 0.2) is 24.5 Å². The Morgan fingerprint density at radius 3 is 2.62 bits per heavy atom.